The number of carboxylic acids is 1. The molecule has 1 amide bonds. The Labute approximate surface area is 117 Å². The molecule has 2 N–H and O–H groups in total. The van der Waals surface area contributed by atoms with Crippen molar-refractivity contribution in [3.8, 4) is 0 Å². The van der Waals surface area contributed by atoms with Gasteiger partial charge in [-0.1, -0.05) is 0 Å². The second-order valence-electron chi connectivity index (χ2n) is 6.10. The van der Waals surface area contributed by atoms with Crippen LogP contribution in [0.25, 0.3) is 0 Å². The normalized spacial score (nSPS) is 43.5. The quantitative estimate of drug-likeness (QED) is 0.783. The standard InChI is InChI=1S/C14H21NO5/c1-7-12(20-5-4-19-7)13(16)15-11-9-3-2-8(6-9)10(11)14(17)18/h7-12H,2-6H2,1H3,(H,15,16)(H,17,18)/t7-,8-,9+,10+,11-,12-/m0/s1. The summed E-state index contributed by atoms with van der Waals surface area (Å²) in [6.07, 6.45) is 1.98. The average molecular weight is 283 g/mol. The fourth-order valence-corrected chi connectivity index (χ4v) is 4.02. The van der Waals surface area contributed by atoms with Crippen LogP contribution in [0.2, 0.25) is 0 Å². The fraction of sp³-hybridized carbons (Fsp3) is 0.857. The molecular weight excluding hydrogens is 262 g/mol. The number of hydrogen-bond donors (Lipinski definition) is 2. The maximum absolute atomic E-state index is 12.3. The first-order chi connectivity index (χ1) is 9.58. The predicted molar refractivity (Wildman–Crippen MR) is 69.0 cm³/mol. The Balaban J connectivity index is 1.67. The van der Waals surface area contributed by atoms with Gasteiger partial charge in [0.2, 0.25) is 0 Å². The smallest absolute Gasteiger partial charge is 0.308 e. The third-order valence-electron chi connectivity index (χ3n) is 4.96. The molecule has 3 fully saturated rings. The Morgan fingerprint density at radius 1 is 1.15 bits per heavy atom. The molecule has 6 nitrogen and oxygen atoms in total. The molecule has 112 valence electrons. The van der Waals surface area contributed by atoms with Crippen molar-refractivity contribution in [2.24, 2.45) is 17.8 Å². The van der Waals surface area contributed by atoms with Gasteiger partial charge in [0.05, 0.1) is 25.2 Å². The molecule has 0 aromatic rings. The summed E-state index contributed by atoms with van der Waals surface area (Å²) in [4.78, 5) is 23.7. The van der Waals surface area contributed by atoms with Crippen molar-refractivity contribution in [2.45, 2.75) is 44.4 Å². The Morgan fingerprint density at radius 3 is 2.55 bits per heavy atom. The van der Waals surface area contributed by atoms with Gasteiger partial charge in [0.25, 0.3) is 5.91 Å². The van der Waals surface area contributed by atoms with E-state index < -0.39 is 18.0 Å². The molecule has 2 saturated carbocycles. The van der Waals surface area contributed by atoms with E-state index in [0.29, 0.717) is 19.1 Å². The van der Waals surface area contributed by atoms with Gasteiger partial charge in [-0.05, 0) is 38.0 Å². The number of carbonyl (C=O) groups is 2. The van der Waals surface area contributed by atoms with Crippen molar-refractivity contribution in [1.29, 1.82) is 0 Å². The molecular formula is C14H21NO5. The van der Waals surface area contributed by atoms with Crippen LogP contribution >= 0.6 is 0 Å². The van der Waals surface area contributed by atoms with Crippen LogP contribution in [-0.2, 0) is 19.1 Å². The number of aliphatic carboxylic acids is 1. The van der Waals surface area contributed by atoms with E-state index in [1.807, 2.05) is 0 Å². The van der Waals surface area contributed by atoms with Gasteiger partial charge in [0.1, 0.15) is 0 Å². The third kappa shape index (κ3) is 2.31. The summed E-state index contributed by atoms with van der Waals surface area (Å²) in [5.41, 5.74) is 0. The van der Waals surface area contributed by atoms with Crippen LogP contribution in [0, 0.1) is 17.8 Å². The lowest BCUT2D eigenvalue weighted by Gasteiger charge is -2.33. The van der Waals surface area contributed by atoms with Gasteiger partial charge in [-0.3, -0.25) is 9.59 Å². The number of hydrogen-bond acceptors (Lipinski definition) is 4. The lowest BCUT2D eigenvalue weighted by molar-refractivity contribution is -0.163. The van der Waals surface area contributed by atoms with Gasteiger partial charge in [-0.2, -0.15) is 0 Å². The summed E-state index contributed by atoms with van der Waals surface area (Å²) in [5, 5.41) is 12.3. The summed E-state index contributed by atoms with van der Waals surface area (Å²) in [6, 6.07) is -0.253. The second-order valence-corrected chi connectivity index (χ2v) is 6.10. The predicted octanol–water partition coefficient (Wildman–Crippen LogP) is 0.406. The molecule has 2 aliphatic carbocycles. The first kappa shape index (κ1) is 13.8. The molecule has 0 spiro atoms. The zero-order valence-electron chi connectivity index (χ0n) is 11.6. The molecule has 0 aromatic heterocycles. The Bertz CT molecular complexity index is 412. The molecule has 2 bridgehead atoms. The van der Waals surface area contributed by atoms with Crippen LogP contribution in [-0.4, -0.2) is 48.4 Å². The largest absolute Gasteiger partial charge is 0.481 e. The van der Waals surface area contributed by atoms with Gasteiger partial charge < -0.3 is 19.9 Å². The lowest BCUT2D eigenvalue weighted by Crippen LogP contribution is -2.54. The van der Waals surface area contributed by atoms with Gasteiger partial charge in [0, 0.05) is 6.04 Å². The highest BCUT2D eigenvalue weighted by atomic mass is 16.6. The monoisotopic (exact) mass is 283 g/mol. The molecule has 3 rings (SSSR count). The molecule has 6 atom stereocenters. The van der Waals surface area contributed by atoms with E-state index in [-0.39, 0.29) is 24.0 Å². The van der Waals surface area contributed by atoms with E-state index in [0.717, 1.165) is 19.3 Å². The van der Waals surface area contributed by atoms with E-state index >= 15 is 0 Å². The number of ether oxygens (including phenoxy) is 2. The van der Waals surface area contributed by atoms with Gasteiger partial charge >= 0.3 is 5.97 Å². The summed E-state index contributed by atoms with van der Waals surface area (Å²) in [5.74, 6) is -0.969. The number of carboxylic acid groups (broad SMARTS) is 1. The van der Waals surface area contributed by atoms with Crippen LogP contribution in [0.15, 0.2) is 0 Å². The Hall–Kier alpha value is -1.14. The molecule has 0 unspecified atom stereocenters. The van der Waals surface area contributed by atoms with E-state index in [1.165, 1.54) is 0 Å². The minimum atomic E-state index is -0.795. The number of fused-ring (bicyclic) bond motifs is 2. The summed E-state index contributed by atoms with van der Waals surface area (Å²) in [7, 11) is 0. The van der Waals surface area contributed by atoms with Gasteiger partial charge in [0.15, 0.2) is 6.10 Å². The number of amides is 1. The van der Waals surface area contributed by atoms with Crippen LogP contribution < -0.4 is 5.32 Å². The highest BCUT2D eigenvalue weighted by Gasteiger charge is 2.52. The summed E-state index contributed by atoms with van der Waals surface area (Å²) < 4.78 is 10.9. The van der Waals surface area contributed by atoms with Crippen molar-refractivity contribution in [3.63, 3.8) is 0 Å². The molecule has 1 aliphatic heterocycles. The van der Waals surface area contributed by atoms with E-state index in [2.05, 4.69) is 5.32 Å². The molecule has 0 aromatic carbocycles. The lowest BCUT2D eigenvalue weighted by atomic mass is 9.84. The SMILES string of the molecule is C[C@@H]1OCCO[C@@H]1C(=O)N[C@H]1[C@@H]2CC[C@@H](C2)[C@H]1C(=O)O. The van der Waals surface area contributed by atoms with Crippen molar-refractivity contribution in [3.05, 3.63) is 0 Å². The summed E-state index contributed by atoms with van der Waals surface area (Å²) >= 11 is 0. The first-order valence-corrected chi connectivity index (χ1v) is 7.34. The van der Waals surface area contributed by atoms with Crippen molar-refractivity contribution in [2.75, 3.05) is 13.2 Å². The molecule has 1 saturated heterocycles. The Kier molecular flexibility index (Phi) is 3.69. The van der Waals surface area contributed by atoms with Crippen LogP contribution in [0.3, 0.4) is 0 Å². The van der Waals surface area contributed by atoms with E-state index in [9.17, 15) is 14.7 Å². The van der Waals surface area contributed by atoms with Crippen molar-refractivity contribution < 1.29 is 24.2 Å². The molecule has 6 heteroatoms. The van der Waals surface area contributed by atoms with Gasteiger partial charge in [-0.15, -0.1) is 0 Å². The minimum Gasteiger partial charge on any atom is -0.481 e. The number of carbonyl (C=O) groups excluding carboxylic acids is 1. The molecule has 20 heavy (non-hydrogen) atoms. The summed E-state index contributed by atoms with van der Waals surface area (Å²) in [6.45, 7) is 2.71. The average Bonchev–Trinajstić information content (AvgIpc) is 2.99. The molecule has 3 aliphatic rings. The topological polar surface area (TPSA) is 84.9 Å². The van der Waals surface area contributed by atoms with Crippen LogP contribution in [0.5, 0.6) is 0 Å². The highest BCUT2D eigenvalue weighted by Crippen LogP contribution is 2.48. The maximum atomic E-state index is 12.3. The van der Waals surface area contributed by atoms with E-state index in [1.54, 1.807) is 6.92 Å². The first-order valence-electron chi connectivity index (χ1n) is 7.34. The van der Waals surface area contributed by atoms with Crippen LogP contribution in [0.4, 0.5) is 0 Å². The Morgan fingerprint density at radius 2 is 1.85 bits per heavy atom. The molecule has 1 heterocycles. The highest BCUT2D eigenvalue weighted by molar-refractivity contribution is 5.83. The number of nitrogens with one attached hydrogen (secondary N) is 1. The minimum absolute atomic E-state index is 0.212. The maximum Gasteiger partial charge on any atom is 0.308 e. The van der Waals surface area contributed by atoms with Crippen molar-refractivity contribution in [1.82, 2.24) is 5.32 Å². The zero-order chi connectivity index (χ0) is 14.3. The fourth-order valence-electron chi connectivity index (χ4n) is 4.02. The van der Waals surface area contributed by atoms with E-state index in [4.69, 9.17) is 9.47 Å². The van der Waals surface area contributed by atoms with Crippen molar-refractivity contribution >= 4 is 11.9 Å². The molecule has 0 radical (unpaired) electrons. The zero-order valence-corrected chi connectivity index (χ0v) is 11.6. The number of rotatable bonds is 3. The third-order valence-corrected chi connectivity index (χ3v) is 4.96. The van der Waals surface area contributed by atoms with Crippen LogP contribution in [0.1, 0.15) is 26.2 Å². The van der Waals surface area contributed by atoms with Gasteiger partial charge in [-0.25, -0.2) is 0 Å². The second kappa shape index (κ2) is 5.33.